The number of esters is 2. The van der Waals surface area contributed by atoms with Crippen molar-refractivity contribution < 1.29 is 28.5 Å². The van der Waals surface area contributed by atoms with Crippen molar-refractivity contribution in [3.63, 3.8) is 0 Å². The van der Waals surface area contributed by atoms with Crippen LogP contribution in [-0.2, 0) is 28.5 Å². The number of pyridine rings is 1. The molecule has 1 heterocycles. The van der Waals surface area contributed by atoms with Gasteiger partial charge in [0.05, 0.1) is 32.2 Å². The molecule has 1 rings (SSSR count). The number of carbonyl (C=O) groups excluding carboxylic acids is 2. The van der Waals surface area contributed by atoms with E-state index in [4.69, 9.17) is 18.9 Å². The summed E-state index contributed by atoms with van der Waals surface area (Å²) in [6.07, 6.45) is 3.69. The van der Waals surface area contributed by atoms with Crippen LogP contribution in [0.25, 0.3) is 0 Å². The number of aromatic nitrogens is 1. The highest BCUT2D eigenvalue weighted by Crippen LogP contribution is 2.29. The predicted octanol–water partition coefficient (Wildman–Crippen LogP) is 5.47. The molecule has 1 aromatic heterocycles. The average molecular weight is 502 g/mol. The number of carbonyl (C=O) groups is 2. The molecule has 33 heavy (non-hydrogen) atoms. The van der Waals surface area contributed by atoms with Gasteiger partial charge in [0.1, 0.15) is 16.2 Å². The maximum atomic E-state index is 12.1. The molecule has 0 aliphatic rings. The van der Waals surface area contributed by atoms with Gasteiger partial charge in [-0.25, -0.2) is 4.98 Å². The minimum Gasteiger partial charge on any atom is -0.460 e. The van der Waals surface area contributed by atoms with E-state index >= 15 is 0 Å². The van der Waals surface area contributed by atoms with Crippen LogP contribution in [0.2, 0.25) is 0 Å². The first-order valence-corrected chi connectivity index (χ1v) is 13.6. The molecular weight excluding hydrogens is 462 g/mol. The van der Waals surface area contributed by atoms with Crippen molar-refractivity contribution in [2.45, 2.75) is 89.6 Å². The lowest BCUT2D eigenvalue weighted by Gasteiger charge is -2.26. The smallest absolute Gasteiger partial charge is 0.308 e. The van der Waals surface area contributed by atoms with Gasteiger partial charge in [-0.15, -0.1) is 0 Å². The van der Waals surface area contributed by atoms with Gasteiger partial charge in [0.2, 0.25) is 0 Å². The second-order valence-corrected chi connectivity index (χ2v) is 11.7. The van der Waals surface area contributed by atoms with E-state index in [2.05, 4.69) is 4.98 Å². The van der Waals surface area contributed by atoms with Crippen molar-refractivity contribution in [1.82, 2.24) is 4.98 Å². The SMILES string of the molecule is CC(CCOCCC(=O)OC(C)(C)C)OCCC(C)(C)OC(=O)CCSSc1ccccn1. The Morgan fingerprint density at radius 1 is 1.00 bits per heavy atom. The molecule has 0 radical (unpaired) electrons. The second kappa shape index (κ2) is 15.6. The van der Waals surface area contributed by atoms with Crippen LogP contribution in [-0.4, -0.2) is 59.8 Å². The van der Waals surface area contributed by atoms with Crippen molar-refractivity contribution in [1.29, 1.82) is 0 Å². The molecule has 0 amide bonds. The van der Waals surface area contributed by atoms with Gasteiger partial charge in [-0.05, 0) is 70.9 Å². The van der Waals surface area contributed by atoms with E-state index in [0.29, 0.717) is 38.4 Å². The minimum atomic E-state index is -0.584. The third kappa shape index (κ3) is 16.9. The Hall–Kier alpha value is -1.29. The summed E-state index contributed by atoms with van der Waals surface area (Å²) in [5, 5.41) is 0.927. The fourth-order valence-electron chi connectivity index (χ4n) is 2.52. The Bertz CT molecular complexity index is 694. The van der Waals surface area contributed by atoms with E-state index in [0.717, 1.165) is 11.4 Å². The maximum Gasteiger partial charge on any atom is 0.308 e. The van der Waals surface area contributed by atoms with Crippen LogP contribution in [0.5, 0.6) is 0 Å². The molecule has 9 heteroatoms. The topological polar surface area (TPSA) is 84.0 Å². The summed E-state index contributed by atoms with van der Waals surface area (Å²) in [5.41, 5.74) is -1.06. The van der Waals surface area contributed by atoms with Crippen molar-refractivity contribution in [3.8, 4) is 0 Å². The van der Waals surface area contributed by atoms with Crippen molar-refractivity contribution in [3.05, 3.63) is 24.4 Å². The normalized spacial score (nSPS) is 12.9. The van der Waals surface area contributed by atoms with E-state index in [1.807, 2.05) is 59.7 Å². The van der Waals surface area contributed by atoms with Crippen LogP contribution in [0.4, 0.5) is 0 Å². The monoisotopic (exact) mass is 501 g/mol. The van der Waals surface area contributed by atoms with E-state index in [-0.39, 0.29) is 24.5 Å². The number of nitrogens with zero attached hydrogens (tertiary/aromatic N) is 1. The van der Waals surface area contributed by atoms with Crippen LogP contribution >= 0.6 is 21.6 Å². The summed E-state index contributed by atoms with van der Waals surface area (Å²) in [5.74, 6) is 0.201. The van der Waals surface area contributed by atoms with E-state index in [9.17, 15) is 9.59 Å². The minimum absolute atomic E-state index is 0.0121. The fourth-order valence-corrected chi connectivity index (χ4v) is 4.37. The van der Waals surface area contributed by atoms with Crippen molar-refractivity contribution in [2.75, 3.05) is 25.6 Å². The summed E-state index contributed by atoms with van der Waals surface area (Å²) in [6.45, 7) is 12.6. The van der Waals surface area contributed by atoms with Gasteiger partial charge in [-0.1, -0.05) is 16.9 Å². The maximum absolute atomic E-state index is 12.1. The Morgan fingerprint density at radius 3 is 2.39 bits per heavy atom. The van der Waals surface area contributed by atoms with Crippen LogP contribution in [0.15, 0.2) is 29.4 Å². The molecule has 0 saturated heterocycles. The van der Waals surface area contributed by atoms with Crippen LogP contribution < -0.4 is 0 Å². The highest BCUT2D eigenvalue weighted by Gasteiger charge is 2.23. The first kappa shape index (κ1) is 29.7. The van der Waals surface area contributed by atoms with E-state index < -0.39 is 11.2 Å². The van der Waals surface area contributed by atoms with Crippen molar-refractivity contribution in [2.24, 2.45) is 0 Å². The summed E-state index contributed by atoms with van der Waals surface area (Å²) in [4.78, 5) is 28.0. The lowest BCUT2D eigenvalue weighted by Crippen LogP contribution is -2.30. The van der Waals surface area contributed by atoms with Crippen LogP contribution in [0.3, 0.4) is 0 Å². The third-order valence-electron chi connectivity index (χ3n) is 4.21. The molecule has 1 aromatic rings. The lowest BCUT2D eigenvalue weighted by molar-refractivity contribution is -0.158. The van der Waals surface area contributed by atoms with Gasteiger partial charge in [0, 0.05) is 25.0 Å². The van der Waals surface area contributed by atoms with Gasteiger partial charge in [0.25, 0.3) is 0 Å². The predicted molar refractivity (Wildman–Crippen MR) is 133 cm³/mol. The van der Waals surface area contributed by atoms with Gasteiger partial charge in [-0.2, -0.15) is 0 Å². The molecule has 0 aromatic carbocycles. The Balaban J connectivity index is 2.08. The molecule has 0 aliphatic heterocycles. The molecular formula is C24H39NO6S2. The third-order valence-corrected chi connectivity index (χ3v) is 6.47. The first-order valence-electron chi connectivity index (χ1n) is 11.3. The highest BCUT2D eigenvalue weighted by atomic mass is 33.1. The van der Waals surface area contributed by atoms with Gasteiger partial charge in [0.15, 0.2) is 0 Å². The molecule has 0 fully saturated rings. The molecule has 0 spiro atoms. The zero-order valence-electron chi connectivity index (χ0n) is 20.8. The van der Waals surface area contributed by atoms with E-state index in [1.165, 1.54) is 0 Å². The zero-order chi connectivity index (χ0) is 24.7. The van der Waals surface area contributed by atoms with Gasteiger partial charge < -0.3 is 18.9 Å². The molecule has 0 aliphatic carbocycles. The molecule has 7 nitrogen and oxygen atoms in total. The summed E-state index contributed by atoms with van der Waals surface area (Å²) in [7, 11) is 3.14. The number of rotatable bonds is 16. The summed E-state index contributed by atoms with van der Waals surface area (Å²) < 4.78 is 22.2. The molecule has 1 atom stereocenters. The van der Waals surface area contributed by atoms with Gasteiger partial charge >= 0.3 is 11.9 Å². The molecule has 0 N–H and O–H groups in total. The van der Waals surface area contributed by atoms with E-state index in [1.54, 1.807) is 27.8 Å². The first-order chi connectivity index (χ1) is 15.5. The zero-order valence-corrected chi connectivity index (χ0v) is 22.4. The quantitative estimate of drug-likeness (QED) is 0.166. The van der Waals surface area contributed by atoms with Crippen molar-refractivity contribution >= 4 is 33.5 Å². The highest BCUT2D eigenvalue weighted by molar-refractivity contribution is 8.76. The largest absolute Gasteiger partial charge is 0.460 e. The average Bonchev–Trinajstić information content (AvgIpc) is 2.70. The van der Waals surface area contributed by atoms with Crippen LogP contribution in [0, 0.1) is 0 Å². The molecule has 0 bridgehead atoms. The number of ether oxygens (including phenoxy) is 4. The molecule has 0 saturated carbocycles. The molecule has 1 unspecified atom stereocenters. The second-order valence-electron chi connectivity index (χ2n) is 9.23. The fraction of sp³-hybridized carbons (Fsp3) is 0.708. The standard InChI is InChI=1S/C24H39NO6S2/c1-19(10-15-28-16-11-21(26)30-23(2,3)4)29-17-13-24(5,6)31-22(27)12-18-32-33-20-9-7-8-14-25-20/h7-9,14,19H,10-13,15-18H2,1-6H3. The summed E-state index contributed by atoms with van der Waals surface area (Å²) >= 11 is 0. The number of hydrogen-bond acceptors (Lipinski definition) is 9. The van der Waals surface area contributed by atoms with Gasteiger partial charge in [-0.3, -0.25) is 9.59 Å². The Labute approximate surface area is 206 Å². The Morgan fingerprint density at radius 2 is 1.73 bits per heavy atom. The lowest BCUT2D eigenvalue weighted by atomic mass is 10.1. The number of hydrogen-bond donors (Lipinski definition) is 0. The Kier molecular flexibility index (Phi) is 14.0. The molecule has 188 valence electrons. The van der Waals surface area contributed by atoms with Crippen LogP contribution in [0.1, 0.15) is 67.2 Å². The summed E-state index contributed by atoms with van der Waals surface area (Å²) in [6, 6.07) is 5.76.